The van der Waals surface area contributed by atoms with Gasteiger partial charge >= 0.3 is 0 Å². The van der Waals surface area contributed by atoms with E-state index in [1.165, 1.54) is 23.1 Å². The minimum absolute atomic E-state index is 0.196. The van der Waals surface area contributed by atoms with Crippen molar-refractivity contribution in [2.75, 3.05) is 23.5 Å². The van der Waals surface area contributed by atoms with Gasteiger partial charge in [0.15, 0.2) is 0 Å². The summed E-state index contributed by atoms with van der Waals surface area (Å²) in [7, 11) is -7.84. The highest BCUT2D eigenvalue weighted by Gasteiger charge is 2.29. The lowest BCUT2D eigenvalue weighted by atomic mass is 10.3. The number of benzene rings is 2. The zero-order valence-corrected chi connectivity index (χ0v) is 24.2. The third kappa shape index (κ3) is 6.79. The number of carbonyl (C=O) groups excluding carboxylic acids is 1. The molecule has 0 fully saturated rings. The lowest BCUT2D eigenvalue weighted by Gasteiger charge is -2.20. The molecule has 0 saturated carbocycles. The minimum atomic E-state index is -4.10. The quantitative estimate of drug-likeness (QED) is 0.278. The van der Waals surface area contributed by atoms with Gasteiger partial charge in [-0.05, 0) is 36.8 Å². The zero-order chi connectivity index (χ0) is 26.3. The van der Waals surface area contributed by atoms with Crippen LogP contribution in [0, 0.1) is 0 Å². The number of anilines is 1. The van der Waals surface area contributed by atoms with Crippen molar-refractivity contribution in [3.05, 3.63) is 55.9 Å². The predicted octanol–water partition coefficient (Wildman–Crippen LogP) is 3.87. The van der Waals surface area contributed by atoms with Crippen LogP contribution >= 0.6 is 50.6 Å². The Morgan fingerprint density at radius 1 is 1.22 bits per heavy atom. The molecule has 0 bridgehead atoms. The van der Waals surface area contributed by atoms with Crippen molar-refractivity contribution in [1.29, 1.82) is 0 Å². The molecule has 0 aliphatic carbocycles. The molecule has 0 atom stereocenters. The Morgan fingerprint density at radius 3 is 2.67 bits per heavy atom. The molecule has 1 amide bonds. The fourth-order valence-corrected chi connectivity index (χ4v) is 7.40. The first kappa shape index (κ1) is 27.4. The second-order valence-corrected chi connectivity index (χ2v) is 14.7. The molecule has 9 nitrogen and oxygen atoms in total. The van der Waals surface area contributed by atoms with Crippen LogP contribution in [0.4, 0.5) is 5.69 Å². The maximum atomic E-state index is 12.5. The van der Waals surface area contributed by atoms with Gasteiger partial charge in [-0.2, -0.15) is 13.0 Å². The number of thiazole rings is 1. The summed E-state index contributed by atoms with van der Waals surface area (Å²) in [6.45, 7) is 0.0752. The predicted molar refractivity (Wildman–Crippen MR) is 146 cm³/mol. The fourth-order valence-electron chi connectivity index (χ4n) is 3.65. The zero-order valence-electron chi connectivity index (χ0n) is 18.6. The molecule has 15 heteroatoms. The van der Waals surface area contributed by atoms with Crippen LogP contribution < -0.4 is 14.2 Å². The van der Waals surface area contributed by atoms with E-state index in [-0.39, 0.29) is 18.7 Å². The van der Waals surface area contributed by atoms with E-state index in [0.717, 1.165) is 31.0 Å². The van der Waals surface area contributed by atoms with E-state index in [9.17, 15) is 21.6 Å². The van der Waals surface area contributed by atoms with Gasteiger partial charge in [-0.1, -0.05) is 50.6 Å². The van der Waals surface area contributed by atoms with Crippen LogP contribution in [0.3, 0.4) is 0 Å². The lowest BCUT2D eigenvalue weighted by molar-refractivity contribution is -0.655. The molecule has 0 unspecified atom stereocenters. The summed E-state index contributed by atoms with van der Waals surface area (Å²) in [5.74, 6) is -1.07. The second-order valence-electron chi connectivity index (χ2n) is 7.92. The number of thioether (sulfide) groups is 1. The number of fused-ring (bicyclic) bond motifs is 2. The summed E-state index contributed by atoms with van der Waals surface area (Å²) >= 11 is 12.6. The molecule has 0 spiro atoms. The topological polar surface area (TPSA) is 125 Å². The molecule has 1 aromatic heterocycles. The van der Waals surface area contributed by atoms with E-state index in [2.05, 4.69) is 15.9 Å². The average molecular weight is 654 g/mol. The van der Waals surface area contributed by atoms with Crippen LogP contribution in [0.25, 0.3) is 16.3 Å². The summed E-state index contributed by atoms with van der Waals surface area (Å²) in [4.78, 5) is 15.4. The van der Waals surface area contributed by atoms with Gasteiger partial charge in [0.25, 0.3) is 21.0 Å². The molecule has 2 aromatic carbocycles. The number of nitrogens with one attached hydrogen (secondary N) is 1. The van der Waals surface area contributed by atoms with Crippen LogP contribution in [-0.4, -0.2) is 45.8 Å². The Balaban J connectivity index is 1.77. The highest BCUT2D eigenvalue weighted by atomic mass is 79.9. The van der Waals surface area contributed by atoms with Gasteiger partial charge in [0.05, 0.1) is 28.8 Å². The summed E-state index contributed by atoms with van der Waals surface area (Å²) < 4.78 is 60.2. The highest BCUT2D eigenvalue weighted by Crippen LogP contribution is 2.48. The largest absolute Gasteiger partial charge is 0.335 e. The number of sulfonamides is 1. The lowest BCUT2D eigenvalue weighted by Crippen LogP contribution is -2.45. The normalized spacial score (nSPS) is 15.0. The average Bonchev–Trinajstić information content (AvgIpc) is 3.24. The van der Waals surface area contributed by atoms with Crippen molar-refractivity contribution in [2.24, 2.45) is 0 Å². The molecule has 4 rings (SSSR count). The van der Waals surface area contributed by atoms with Gasteiger partial charge in [-0.15, -0.1) is 0 Å². The molecule has 3 aromatic rings. The SMILES string of the molecule is CS(=O)(=O)NC(=O)C[n+]1c(C=C2Sc3ccc(Br)cc3N2CCCS(=O)(=O)O)sc2ccc(Cl)cc21. The Bertz CT molecular complexity index is 1610. The van der Waals surface area contributed by atoms with Gasteiger partial charge in [-0.25, -0.2) is 13.1 Å². The van der Waals surface area contributed by atoms with Crippen molar-refractivity contribution in [3.8, 4) is 0 Å². The van der Waals surface area contributed by atoms with Crippen molar-refractivity contribution >= 4 is 98.7 Å². The van der Waals surface area contributed by atoms with Crippen molar-refractivity contribution < 1.29 is 30.7 Å². The number of hydrogen-bond acceptors (Lipinski definition) is 8. The number of carbonyl (C=O) groups is 1. The van der Waals surface area contributed by atoms with Crippen LogP contribution in [0.2, 0.25) is 5.02 Å². The maximum absolute atomic E-state index is 12.5. The van der Waals surface area contributed by atoms with Gasteiger partial charge in [0.1, 0.15) is 4.70 Å². The molecule has 2 heterocycles. The first-order chi connectivity index (χ1) is 16.8. The minimum Gasteiger partial charge on any atom is -0.335 e. The molecule has 192 valence electrons. The monoisotopic (exact) mass is 652 g/mol. The van der Waals surface area contributed by atoms with Crippen molar-refractivity contribution in [1.82, 2.24) is 4.72 Å². The smallest absolute Gasteiger partial charge is 0.299 e. The summed E-state index contributed by atoms with van der Waals surface area (Å²) in [5, 5.41) is 1.93. The van der Waals surface area contributed by atoms with Crippen LogP contribution in [0.15, 0.2) is 50.8 Å². The van der Waals surface area contributed by atoms with Crippen molar-refractivity contribution in [2.45, 2.75) is 17.9 Å². The molecule has 0 saturated heterocycles. The molecule has 1 aliphatic heterocycles. The van der Waals surface area contributed by atoms with Crippen molar-refractivity contribution in [3.63, 3.8) is 0 Å². The van der Waals surface area contributed by atoms with E-state index in [0.29, 0.717) is 22.1 Å². The number of halogens is 2. The summed E-state index contributed by atoms with van der Waals surface area (Å²) in [6.07, 6.45) is 2.98. The van der Waals surface area contributed by atoms with Gasteiger partial charge in [0, 0.05) is 27.0 Å². The Morgan fingerprint density at radius 2 is 1.97 bits per heavy atom. The number of nitrogens with zero attached hydrogens (tertiary/aromatic N) is 2. The van der Waals surface area contributed by atoms with Crippen LogP contribution in [0.1, 0.15) is 11.4 Å². The van der Waals surface area contributed by atoms with E-state index >= 15 is 0 Å². The fraction of sp³-hybridized carbons (Fsp3) is 0.238. The highest BCUT2D eigenvalue weighted by molar-refractivity contribution is 9.10. The Kier molecular flexibility index (Phi) is 8.05. The maximum Gasteiger partial charge on any atom is 0.299 e. The molecule has 36 heavy (non-hydrogen) atoms. The van der Waals surface area contributed by atoms with Gasteiger partial charge in [-0.3, -0.25) is 9.35 Å². The molecular weight excluding hydrogens is 634 g/mol. The molecular formula is C21H20BrClN3O6S4+. The van der Waals surface area contributed by atoms with E-state index in [1.54, 1.807) is 16.7 Å². The van der Waals surface area contributed by atoms with E-state index < -0.39 is 26.0 Å². The Hall–Kier alpha value is -1.68. The van der Waals surface area contributed by atoms with Gasteiger partial charge in [0.2, 0.25) is 22.1 Å². The number of rotatable bonds is 8. The van der Waals surface area contributed by atoms with Crippen LogP contribution in [-0.2, 0) is 31.5 Å². The number of aromatic nitrogens is 1. The molecule has 1 aliphatic rings. The second kappa shape index (κ2) is 10.6. The molecule has 2 N–H and O–H groups in total. The van der Waals surface area contributed by atoms with E-state index in [4.69, 9.17) is 16.2 Å². The number of amides is 1. The third-order valence-corrected chi connectivity index (χ3v) is 9.37. The van der Waals surface area contributed by atoms with Gasteiger partial charge < -0.3 is 4.90 Å². The van der Waals surface area contributed by atoms with E-state index in [1.807, 2.05) is 40.0 Å². The molecule has 0 radical (unpaired) electrons. The third-order valence-electron chi connectivity index (χ3n) is 5.02. The summed E-state index contributed by atoms with van der Waals surface area (Å²) in [5.41, 5.74) is 1.55. The number of hydrogen-bond donors (Lipinski definition) is 2. The first-order valence-electron chi connectivity index (χ1n) is 10.3. The Labute approximate surface area is 230 Å². The standard InChI is InChI=1S/C21H19BrClN3O6S4/c1-35(28,29)24-19(27)12-26-16-10-14(23)4-6-18(16)34-21(26)11-20-25(7-2-8-36(30,31)32)15-9-13(22)3-5-17(15)33-20/h3-6,9-11H,2,7-8,12H2,1H3,(H-,24,27,30,31,32)/p+1. The van der Waals surface area contributed by atoms with Crippen LogP contribution in [0.5, 0.6) is 0 Å². The summed E-state index contributed by atoms with van der Waals surface area (Å²) in [6, 6.07) is 11.0. The first-order valence-corrected chi connectivity index (χ1v) is 16.6.